The second kappa shape index (κ2) is 6.89. The maximum Gasteiger partial charge on any atom is 0.340 e. The molecule has 3 heterocycles. The van der Waals surface area contributed by atoms with E-state index in [4.69, 9.17) is 4.74 Å². The maximum atomic E-state index is 12.7. The number of nitrogens with one attached hydrogen (secondary N) is 1. The van der Waals surface area contributed by atoms with Gasteiger partial charge in [0, 0.05) is 31.7 Å². The van der Waals surface area contributed by atoms with Crippen LogP contribution in [0.3, 0.4) is 0 Å². The third-order valence-electron chi connectivity index (χ3n) is 4.96. The molecule has 0 bridgehead atoms. The Morgan fingerprint density at radius 3 is 2.78 bits per heavy atom. The number of hydrogen-bond donors (Lipinski definition) is 1. The molecule has 3 aromatic rings. The molecule has 1 N–H and O–H groups in total. The van der Waals surface area contributed by atoms with Gasteiger partial charge in [-0.05, 0) is 26.0 Å². The van der Waals surface area contributed by atoms with Crippen molar-refractivity contribution >= 4 is 28.5 Å². The molecule has 4 rings (SSSR count). The van der Waals surface area contributed by atoms with Crippen LogP contribution in [0.5, 0.6) is 0 Å². The average Bonchev–Trinajstić information content (AvgIpc) is 3.07. The summed E-state index contributed by atoms with van der Waals surface area (Å²) in [5, 5.41) is 13.2. The van der Waals surface area contributed by atoms with E-state index in [0.29, 0.717) is 11.2 Å². The van der Waals surface area contributed by atoms with E-state index >= 15 is 0 Å². The first-order valence-corrected chi connectivity index (χ1v) is 9.14. The number of piperazine rings is 1. The van der Waals surface area contributed by atoms with Gasteiger partial charge in [0.1, 0.15) is 17.5 Å². The number of benzene rings is 1. The Bertz CT molecular complexity index is 1070. The normalized spacial score (nSPS) is 14.5. The lowest BCUT2D eigenvalue weighted by molar-refractivity contribution is 0.0525. The number of rotatable bonds is 3. The van der Waals surface area contributed by atoms with E-state index < -0.39 is 5.97 Å². The van der Waals surface area contributed by atoms with E-state index in [2.05, 4.69) is 21.3 Å². The van der Waals surface area contributed by atoms with Crippen LogP contribution in [-0.2, 0) is 4.74 Å². The number of nitriles is 1. The van der Waals surface area contributed by atoms with Crippen molar-refractivity contribution in [3.63, 3.8) is 0 Å². The van der Waals surface area contributed by atoms with Gasteiger partial charge in [0.2, 0.25) is 0 Å². The first-order valence-electron chi connectivity index (χ1n) is 9.14. The summed E-state index contributed by atoms with van der Waals surface area (Å²) in [5.74, 6) is 0.430. The van der Waals surface area contributed by atoms with Crippen molar-refractivity contribution in [1.82, 2.24) is 14.7 Å². The monoisotopic (exact) mass is 363 g/mol. The molecule has 0 spiro atoms. The van der Waals surface area contributed by atoms with Gasteiger partial charge < -0.3 is 15.0 Å². The van der Waals surface area contributed by atoms with Crippen molar-refractivity contribution in [2.45, 2.75) is 13.8 Å². The predicted molar refractivity (Wildman–Crippen MR) is 103 cm³/mol. The number of carbonyl (C=O) groups excluding carboxylic acids is 1. The number of imidazole rings is 1. The highest BCUT2D eigenvalue weighted by atomic mass is 16.5. The first kappa shape index (κ1) is 17.3. The number of carbonyl (C=O) groups is 1. The highest BCUT2D eigenvalue weighted by molar-refractivity contribution is 5.99. The zero-order valence-corrected chi connectivity index (χ0v) is 15.5. The van der Waals surface area contributed by atoms with Crippen LogP contribution >= 0.6 is 0 Å². The van der Waals surface area contributed by atoms with Crippen LogP contribution in [-0.4, -0.2) is 48.1 Å². The molecule has 1 aromatic carbocycles. The van der Waals surface area contributed by atoms with Crippen molar-refractivity contribution in [2.24, 2.45) is 0 Å². The fraction of sp³-hybridized carbons (Fsp3) is 0.350. The summed E-state index contributed by atoms with van der Waals surface area (Å²) in [7, 11) is 0. The topological polar surface area (TPSA) is 82.7 Å². The molecule has 0 saturated carbocycles. The fourth-order valence-electron chi connectivity index (χ4n) is 3.81. The van der Waals surface area contributed by atoms with E-state index in [-0.39, 0.29) is 12.2 Å². The number of para-hydroxylation sites is 2. The molecule has 0 unspecified atom stereocenters. The minimum Gasteiger partial charge on any atom is -0.462 e. The lowest BCUT2D eigenvalue weighted by Gasteiger charge is -2.32. The largest absolute Gasteiger partial charge is 0.462 e. The van der Waals surface area contributed by atoms with Crippen LogP contribution in [0.4, 0.5) is 5.82 Å². The molecular weight excluding hydrogens is 342 g/mol. The van der Waals surface area contributed by atoms with Crippen LogP contribution in [0.15, 0.2) is 24.3 Å². The second-order valence-corrected chi connectivity index (χ2v) is 6.53. The summed E-state index contributed by atoms with van der Waals surface area (Å²) >= 11 is 0. The predicted octanol–water partition coefficient (Wildman–Crippen LogP) is 2.25. The lowest BCUT2D eigenvalue weighted by atomic mass is 10.0. The Hall–Kier alpha value is -3.11. The number of esters is 1. The smallest absolute Gasteiger partial charge is 0.340 e. The van der Waals surface area contributed by atoms with Crippen molar-refractivity contribution in [2.75, 3.05) is 37.7 Å². The van der Waals surface area contributed by atoms with Gasteiger partial charge in [0.25, 0.3) is 0 Å². The number of pyridine rings is 1. The zero-order valence-electron chi connectivity index (χ0n) is 15.5. The zero-order chi connectivity index (χ0) is 19.0. The minimum atomic E-state index is -0.475. The molecule has 0 aliphatic carbocycles. The number of nitrogens with zero attached hydrogens (tertiary/aromatic N) is 4. The molecule has 7 heteroatoms. The van der Waals surface area contributed by atoms with Crippen molar-refractivity contribution < 1.29 is 9.53 Å². The number of ether oxygens (including phenoxy) is 1. The summed E-state index contributed by atoms with van der Waals surface area (Å²) in [6.07, 6.45) is 0. The van der Waals surface area contributed by atoms with Gasteiger partial charge in [0.15, 0.2) is 5.65 Å². The van der Waals surface area contributed by atoms with Crippen LogP contribution in [0.1, 0.15) is 28.4 Å². The Morgan fingerprint density at radius 1 is 1.33 bits per heavy atom. The summed E-state index contributed by atoms with van der Waals surface area (Å²) in [6, 6.07) is 9.99. The second-order valence-electron chi connectivity index (χ2n) is 6.53. The van der Waals surface area contributed by atoms with E-state index in [9.17, 15) is 10.1 Å². The Balaban J connectivity index is 2.13. The van der Waals surface area contributed by atoms with E-state index in [1.54, 1.807) is 6.92 Å². The third kappa shape index (κ3) is 2.69. The molecule has 27 heavy (non-hydrogen) atoms. The molecule has 0 amide bonds. The van der Waals surface area contributed by atoms with E-state index in [1.807, 2.05) is 35.6 Å². The molecule has 0 atom stereocenters. The van der Waals surface area contributed by atoms with Gasteiger partial charge in [-0.3, -0.25) is 4.40 Å². The first-order chi connectivity index (χ1) is 13.2. The molecule has 1 aliphatic heterocycles. The molecule has 138 valence electrons. The molecule has 7 nitrogen and oxygen atoms in total. The van der Waals surface area contributed by atoms with E-state index in [1.165, 1.54) is 0 Å². The molecule has 1 aliphatic rings. The molecule has 0 radical (unpaired) electrons. The number of hydrogen-bond acceptors (Lipinski definition) is 6. The van der Waals surface area contributed by atoms with Crippen LogP contribution in [0.2, 0.25) is 0 Å². The molecule has 1 fully saturated rings. The van der Waals surface area contributed by atoms with Crippen molar-refractivity contribution in [3.8, 4) is 6.07 Å². The van der Waals surface area contributed by atoms with Crippen LogP contribution in [0, 0.1) is 18.3 Å². The highest BCUT2D eigenvalue weighted by Gasteiger charge is 2.28. The number of anilines is 1. The third-order valence-corrected chi connectivity index (χ3v) is 4.96. The van der Waals surface area contributed by atoms with Crippen LogP contribution < -0.4 is 10.2 Å². The van der Waals surface area contributed by atoms with Crippen molar-refractivity contribution in [1.29, 1.82) is 5.26 Å². The number of aromatic nitrogens is 2. The fourth-order valence-corrected chi connectivity index (χ4v) is 3.81. The number of fused-ring (bicyclic) bond motifs is 3. The standard InChI is InChI=1S/C20H21N5O2/c1-3-27-20(26)17-13(2)19(24-10-8-22-9-11-24)25-16-7-5-4-6-15(16)23-18(25)14(17)12-21/h4-7,22H,3,8-11H2,1-2H3. The SMILES string of the molecule is CCOC(=O)c1c(C)c(N2CCNCC2)n2c(nc3ccccc32)c1C#N. The Kier molecular flexibility index (Phi) is 4.42. The summed E-state index contributed by atoms with van der Waals surface area (Å²) < 4.78 is 7.27. The summed E-state index contributed by atoms with van der Waals surface area (Å²) in [4.78, 5) is 19.6. The lowest BCUT2D eigenvalue weighted by Crippen LogP contribution is -2.44. The van der Waals surface area contributed by atoms with Gasteiger partial charge in [-0.15, -0.1) is 0 Å². The summed E-state index contributed by atoms with van der Waals surface area (Å²) in [6.45, 7) is 7.27. The quantitative estimate of drug-likeness (QED) is 0.719. The van der Waals surface area contributed by atoms with Gasteiger partial charge in [-0.2, -0.15) is 5.26 Å². The van der Waals surface area contributed by atoms with Gasteiger partial charge in [0.05, 0.1) is 23.2 Å². The maximum absolute atomic E-state index is 12.7. The average molecular weight is 363 g/mol. The van der Waals surface area contributed by atoms with Gasteiger partial charge in [-0.1, -0.05) is 12.1 Å². The Morgan fingerprint density at radius 2 is 2.07 bits per heavy atom. The Labute approximate surface area is 157 Å². The molecular formula is C20H21N5O2. The van der Waals surface area contributed by atoms with Gasteiger partial charge >= 0.3 is 5.97 Å². The minimum absolute atomic E-state index is 0.258. The van der Waals surface area contributed by atoms with Crippen molar-refractivity contribution in [3.05, 3.63) is 41.0 Å². The molecule has 1 saturated heterocycles. The highest BCUT2D eigenvalue weighted by Crippen LogP contribution is 2.33. The van der Waals surface area contributed by atoms with Gasteiger partial charge in [-0.25, -0.2) is 9.78 Å². The molecule has 2 aromatic heterocycles. The van der Waals surface area contributed by atoms with E-state index in [0.717, 1.165) is 48.6 Å². The summed E-state index contributed by atoms with van der Waals surface area (Å²) in [5.41, 5.74) is 3.56. The van der Waals surface area contributed by atoms with Crippen LogP contribution in [0.25, 0.3) is 16.7 Å².